The molecule has 0 aromatic heterocycles. The van der Waals surface area contributed by atoms with Gasteiger partial charge in [0.1, 0.15) is 18.3 Å². The lowest BCUT2D eigenvalue weighted by Gasteiger charge is -2.38. The Hall–Kier alpha value is -0.200. The maximum atomic E-state index is 9.74. The molecule has 0 aliphatic carbocycles. The summed E-state index contributed by atoms with van der Waals surface area (Å²) in [6.07, 6.45) is 2.13. The van der Waals surface area contributed by atoms with Gasteiger partial charge < -0.3 is 24.8 Å². The van der Waals surface area contributed by atoms with E-state index in [1.54, 1.807) is 6.92 Å². The summed E-state index contributed by atoms with van der Waals surface area (Å²) in [5.41, 5.74) is 0. The first-order valence-electron chi connectivity index (χ1n) is 7.39. The van der Waals surface area contributed by atoms with Crippen molar-refractivity contribution in [3.8, 4) is 0 Å². The third kappa shape index (κ3) is 5.36. The van der Waals surface area contributed by atoms with Crippen molar-refractivity contribution in [1.29, 1.82) is 0 Å². The fourth-order valence-electron chi connectivity index (χ4n) is 2.23. The van der Waals surface area contributed by atoms with Crippen LogP contribution in [0.4, 0.5) is 0 Å². The van der Waals surface area contributed by atoms with Crippen LogP contribution in [0.1, 0.15) is 52.4 Å². The Bertz CT molecular complexity index is 236. The lowest BCUT2D eigenvalue weighted by Crippen LogP contribution is -2.57. The lowest BCUT2D eigenvalue weighted by molar-refractivity contribution is -0.293. The third-order valence-electron chi connectivity index (χ3n) is 3.59. The highest BCUT2D eigenvalue weighted by Gasteiger charge is 2.42. The summed E-state index contributed by atoms with van der Waals surface area (Å²) >= 11 is 0. The first-order chi connectivity index (χ1) is 9.07. The standard InChI is InChI=1S/C14H28O5/c1-3-4-5-6-7-8-9-18-14-13(17)12(16)11(15)10(2)19-14/h10-17H,3-9H2,1-2H3/t10-,11+,12+,13-,14+/m1/s1. The van der Waals surface area contributed by atoms with Crippen LogP contribution < -0.4 is 0 Å². The van der Waals surface area contributed by atoms with Crippen LogP contribution in [-0.2, 0) is 9.47 Å². The van der Waals surface area contributed by atoms with Gasteiger partial charge in [-0.1, -0.05) is 39.0 Å². The summed E-state index contributed by atoms with van der Waals surface area (Å²) in [6.45, 7) is 4.34. The average Bonchev–Trinajstić information content (AvgIpc) is 2.41. The van der Waals surface area contributed by atoms with Gasteiger partial charge in [-0.15, -0.1) is 0 Å². The van der Waals surface area contributed by atoms with Crippen LogP contribution in [0.15, 0.2) is 0 Å². The molecule has 0 bridgehead atoms. The van der Waals surface area contributed by atoms with E-state index in [1.807, 2.05) is 0 Å². The van der Waals surface area contributed by atoms with Gasteiger partial charge in [0.25, 0.3) is 0 Å². The molecule has 5 nitrogen and oxygen atoms in total. The monoisotopic (exact) mass is 276 g/mol. The third-order valence-corrected chi connectivity index (χ3v) is 3.59. The van der Waals surface area contributed by atoms with Crippen molar-refractivity contribution in [3.05, 3.63) is 0 Å². The molecule has 0 amide bonds. The minimum atomic E-state index is -1.21. The molecule has 0 spiro atoms. The number of hydrogen-bond donors (Lipinski definition) is 3. The van der Waals surface area contributed by atoms with E-state index in [2.05, 4.69) is 6.92 Å². The normalized spacial score (nSPS) is 35.5. The Balaban J connectivity index is 2.15. The summed E-state index contributed by atoms with van der Waals surface area (Å²) < 4.78 is 10.8. The first-order valence-corrected chi connectivity index (χ1v) is 7.39. The molecule has 1 saturated heterocycles. The van der Waals surface area contributed by atoms with E-state index in [9.17, 15) is 15.3 Å². The molecular weight excluding hydrogens is 248 g/mol. The van der Waals surface area contributed by atoms with Crippen molar-refractivity contribution in [2.75, 3.05) is 6.61 Å². The van der Waals surface area contributed by atoms with Gasteiger partial charge in [0.2, 0.25) is 0 Å². The van der Waals surface area contributed by atoms with Gasteiger partial charge in [0.15, 0.2) is 6.29 Å². The summed E-state index contributed by atoms with van der Waals surface area (Å²) in [4.78, 5) is 0. The SMILES string of the molecule is CCCCCCCCO[C@H]1O[C@H](C)[C@H](O)[C@H](O)[C@H]1O. The molecule has 1 rings (SSSR count). The highest BCUT2D eigenvalue weighted by molar-refractivity contribution is 4.87. The van der Waals surface area contributed by atoms with Crippen LogP contribution in [0.5, 0.6) is 0 Å². The van der Waals surface area contributed by atoms with E-state index in [4.69, 9.17) is 9.47 Å². The molecule has 114 valence electrons. The maximum absolute atomic E-state index is 9.74. The van der Waals surface area contributed by atoms with E-state index >= 15 is 0 Å². The van der Waals surface area contributed by atoms with Crippen molar-refractivity contribution in [1.82, 2.24) is 0 Å². The minimum Gasteiger partial charge on any atom is -0.388 e. The molecule has 1 aliphatic heterocycles. The van der Waals surface area contributed by atoms with Crippen LogP contribution in [0.3, 0.4) is 0 Å². The number of unbranched alkanes of at least 4 members (excludes halogenated alkanes) is 5. The number of aliphatic hydroxyl groups excluding tert-OH is 3. The lowest BCUT2D eigenvalue weighted by atomic mass is 10.00. The zero-order valence-corrected chi connectivity index (χ0v) is 12.0. The molecule has 0 aromatic rings. The van der Waals surface area contributed by atoms with Gasteiger partial charge >= 0.3 is 0 Å². The van der Waals surface area contributed by atoms with Crippen molar-refractivity contribution >= 4 is 0 Å². The van der Waals surface area contributed by atoms with Crippen molar-refractivity contribution in [2.45, 2.75) is 83.1 Å². The topological polar surface area (TPSA) is 79.2 Å². The summed E-state index contributed by atoms with van der Waals surface area (Å²) in [5, 5.41) is 28.9. The van der Waals surface area contributed by atoms with E-state index in [0.717, 1.165) is 12.8 Å². The molecule has 0 radical (unpaired) electrons. The van der Waals surface area contributed by atoms with Gasteiger partial charge in [-0.2, -0.15) is 0 Å². The van der Waals surface area contributed by atoms with Crippen molar-refractivity contribution < 1.29 is 24.8 Å². The Morgan fingerprint density at radius 2 is 1.53 bits per heavy atom. The quantitative estimate of drug-likeness (QED) is 0.580. The molecule has 1 heterocycles. The number of ether oxygens (including phenoxy) is 2. The summed E-state index contributed by atoms with van der Waals surface area (Å²) in [6, 6.07) is 0. The van der Waals surface area contributed by atoms with Crippen LogP contribution >= 0.6 is 0 Å². The zero-order chi connectivity index (χ0) is 14.3. The van der Waals surface area contributed by atoms with Gasteiger partial charge in [0, 0.05) is 6.61 Å². The Labute approximate surface area is 115 Å². The molecule has 1 aliphatic rings. The van der Waals surface area contributed by atoms with Crippen LogP contribution in [0.25, 0.3) is 0 Å². The van der Waals surface area contributed by atoms with Crippen molar-refractivity contribution in [3.63, 3.8) is 0 Å². The van der Waals surface area contributed by atoms with Crippen LogP contribution in [0.2, 0.25) is 0 Å². The fourth-order valence-corrected chi connectivity index (χ4v) is 2.23. The summed E-state index contributed by atoms with van der Waals surface area (Å²) in [5.74, 6) is 0. The second kappa shape index (κ2) is 8.87. The highest BCUT2D eigenvalue weighted by Crippen LogP contribution is 2.22. The average molecular weight is 276 g/mol. The minimum absolute atomic E-state index is 0.503. The smallest absolute Gasteiger partial charge is 0.186 e. The Kier molecular flexibility index (Phi) is 7.87. The van der Waals surface area contributed by atoms with E-state index in [-0.39, 0.29) is 0 Å². The molecule has 0 unspecified atom stereocenters. The largest absolute Gasteiger partial charge is 0.388 e. The molecule has 0 aromatic carbocycles. The van der Waals surface area contributed by atoms with Gasteiger partial charge in [0.05, 0.1) is 6.10 Å². The zero-order valence-electron chi connectivity index (χ0n) is 12.0. The first kappa shape index (κ1) is 16.9. The molecule has 3 N–H and O–H groups in total. The molecule has 5 heteroatoms. The van der Waals surface area contributed by atoms with Gasteiger partial charge in [-0.25, -0.2) is 0 Å². The molecule has 1 fully saturated rings. The predicted molar refractivity (Wildman–Crippen MR) is 71.7 cm³/mol. The molecule has 5 atom stereocenters. The van der Waals surface area contributed by atoms with E-state index in [0.29, 0.717) is 6.61 Å². The number of hydrogen-bond acceptors (Lipinski definition) is 5. The number of aliphatic hydroxyl groups is 3. The predicted octanol–water partition coefficient (Wildman–Crippen LogP) is 1.19. The van der Waals surface area contributed by atoms with Gasteiger partial charge in [-0.05, 0) is 13.3 Å². The Morgan fingerprint density at radius 1 is 0.895 bits per heavy atom. The van der Waals surface area contributed by atoms with Crippen LogP contribution in [-0.4, -0.2) is 52.6 Å². The summed E-state index contributed by atoms with van der Waals surface area (Å²) in [7, 11) is 0. The highest BCUT2D eigenvalue weighted by atomic mass is 16.7. The molecule has 19 heavy (non-hydrogen) atoms. The molecule has 0 saturated carbocycles. The Morgan fingerprint density at radius 3 is 2.21 bits per heavy atom. The van der Waals surface area contributed by atoms with E-state index < -0.39 is 30.7 Å². The number of rotatable bonds is 8. The van der Waals surface area contributed by atoms with Crippen molar-refractivity contribution in [2.24, 2.45) is 0 Å². The second-order valence-corrected chi connectivity index (χ2v) is 5.32. The van der Waals surface area contributed by atoms with Gasteiger partial charge in [-0.3, -0.25) is 0 Å². The second-order valence-electron chi connectivity index (χ2n) is 5.32. The van der Waals surface area contributed by atoms with E-state index in [1.165, 1.54) is 25.7 Å². The molecular formula is C14H28O5. The van der Waals surface area contributed by atoms with Crippen LogP contribution in [0, 0.1) is 0 Å². The fraction of sp³-hybridized carbons (Fsp3) is 1.00. The maximum Gasteiger partial charge on any atom is 0.186 e.